The summed E-state index contributed by atoms with van der Waals surface area (Å²) in [6.45, 7) is 8.30. The van der Waals surface area contributed by atoms with Gasteiger partial charge in [-0.1, -0.05) is 46.9 Å². The van der Waals surface area contributed by atoms with Crippen LogP contribution in [0.4, 0.5) is 5.69 Å². The van der Waals surface area contributed by atoms with Crippen LogP contribution < -0.4 is 9.62 Å². The minimum atomic E-state index is -3.86. The first-order valence-electron chi connectivity index (χ1n) is 10.8. The normalized spacial score (nSPS) is 12.7. The van der Waals surface area contributed by atoms with E-state index in [0.29, 0.717) is 26.2 Å². The fraction of sp³-hybridized carbons (Fsp3) is 0.417. The first-order valence-corrected chi connectivity index (χ1v) is 13.8. The number of benzene rings is 2. The second kappa shape index (κ2) is 11.4. The van der Waals surface area contributed by atoms with Gasteiger partial charge >= 0.3 is 0 Å². The topological polar surface area (TPSA) is 86.8 Å². The lowest BCUT2D eigenvalue weighted by atomic mass is 10.1. The highest BCUT2D eigenvalue weighted by molar-refractivity contribution is 7.92. The molecule has 0 fully saturated rings. The Morgan fingerprint density at radius 1 is 1.03 bits per heavy atom. The quantitative estimate of drug-likeness (QED) is 0.488. The van der Waals surface area contributed by atoms with Crippen molar-refractivity contribution < 1.29 is 18.0 Å². The van der Waals surface area contributed by atoms with Crippen molar-refractivity contribution in [3.8, 4) is 0 Å². The van der Waals surface area contributed by atoms with Crippen LogP contribution in [0, 0.1) is 6.92 Å². The summed E-state index contributed by atoms with van der Waals surface area (Å²) in [5.41, 5.74) is 1.02. The third-order valence-corrected chi connectivity index (χ3v) is 7.22. The predicted octanol–water partition coefficient (Wildman–Crippen LogP) is 5.05. The molecule has 0 aliphatic rings. The Hall–Kier alpha value is -2.00. The third kappa shape index (κ3) is 8.27. The number of sulfonamides is 1. The average molecular weight is 563 g/mol. The van der Waals surface area contributed by atoms with E-state index in [1.165, 1.54) is 11.0 Å². The number of hydrogen-bond acceptors (Lipinski definition) is 4. The van der Waals surface area contributed by atoms with Crippen LogP contribution >= 0.6 is 34.8 Å². The number of nitrogens with zero attached hydrogens (tertiary/aromatic N) is 2. The molecule has 0 aliphatic heterocycles. The lowest BCUT2D eigenvalue weighted by molar-refractivity contribution is -0.140. The molecule has 35 heavy (non-hydrogen) atoms. The molecular formula is C24H30Cl3N3O4S. The number of anilines is 1. The highest BCUT2D eigenvalue weighted by atomic mass is 35.5. The van der Waals surface area contributed by atoms with Crippen LogP contribution in [0.2, 0.25) is 15.1 Å². The van der Waals surface area contributed by atoms with Crippen molar-refractivity contribution in [2.24, 2.45) is 0 Å². The first kappa shape index (κ1) is 29.2. The van der Waals surface area contributed by atoms with Gasteiger partial charge in [0, 0.05) is 17.1 Å². The molecule has 7 nitrogen and oxygen atoms in total. The predicted molar refractivity (Wildman–Crippen MR) is 143 cm³/mol. The Balaban J connectivity index is 2.47. The zero-order valence-electron chi connectivity index (χ0n) is 20.5. The molecule has 0 saturated heterocycles. The van der Waals surface area contributed by atoms with E-state index in [2.05, 4.69) is 5.32 Å². The molecule has 2 rings (SSSR count). The third-order valence-electron chi connectivity index (χ3n) is 5.12. The highest BCUT2D eigenvalue weighted by Crippen LogP contribution is 2.27. The van der Waals surface area contributed by atoms with E-state index in [1.54, 1.807) is 44.2 Å². The minimum Gasteiger partial charge on any atom is -0.350 e. The van der Waals surface area contributed by atoms with Gasteiger partial charge in [-0.15, -0.1) is 0 Å². The summed E-state index contributed by atoms with van der Waals surface area (Å²) in [4.78, 5) is 27.9. The summed E-state index contributed by atoms with van der Waals surface area (Å²) in [7, 11) is -3.86. The van der Waals surface area contributed by atoms with Crippen LogP contribution in [-0.4, -0.2) is 49.5 Å². The molecule has 1 N–H and O–H groups in total. The van der Waals surface area contributed by atoms with E-state index in [0.717, 1.165) is 10.6 Å². The van der Waals surface area contributed by atoms with E-state index in [1.807, 2.05) is 20.8 Å². The molecule has 0 radical (unpaired) electrons. The van der Waals surface area contributed by atoms with Crippen LogP contribution in [0.15, 0.2) is 36.4 Å². The summed E-state index contributed by atoms with van der Waals surface area (Å²) in [5.74, 6) is -0.951. The second-order valence-electron chi connectivity index (χ2n) is 9.39. The van der Waals surface area contributed by atoms with E-state index >= 15 is 0 Å². The molecule has 0 bridgehead atoms. The molecule has 2 amide bonds. The van der Waals surface area contributed by atoms with Crippen molar-refractivity contribution in [1.29, 1.82) is 0 Å². The Kier molecular flexibility index (Phi) is 9.50. The van der Waals surface area contributed by atoms with Gasteiger partial charge in [-0.05, 0) is 70.0 Å². The molecule has 0 spiro atoms. The van der Waals surface area contributed by atoms with Gasteiger partial charge in [0.1, 0.15) is 12.6 Å². The minimum absolute atomic E-state index is 0.0145. The fourth-order valence-electron chi connectivity index (χ4n) is 3.34. The number of aryl methyl sites for hydroxylation is 1. The molecule has 192 valence electrons. The van der Waals surface area contributed by atoms with Gasteiger partial charge in [0.25, 0.3) is 0 Å². The zero-order chi connectivity index (χ0) is 26.7. The van der Waals surface area contributed by atoms with E-state index in [9.17, 15) is 18.0 Å². The Bertz CT molecular complexity index is 1210. The maximum atomic E-state index is 13.6. The molecule has 1 atom stereocenters. The molecule has 0 aromatic heterocycles. The maximum absolute atomic E-state index is 13.6. The molecule has 1 unspecified atom stereocenters. The number of nitrogens with one attached hydrogen (secondary N) is 1. The lowest BCUT2D eigenvalue weighted by Gasteiger charge is -2.33. The summed E-state index contributed by atoms with van der Waals surface area (Å²) in [5, 5.41) is 3.85. The first-order chi connectivity index (χ1) is 16.0. The van der Waals surface area contributed by atoms with Crippen molar-refractivity contribution in [2.45, 2.75) is 52.7 Å². The number of amides is 2. The van der Waals surface area contributed by atoms with Crippen LogP contribution in [-0.2, 0) is 26.2 Å². The Morgan fingerprint density at radius 2 is 1.66 bits per heavy atom. The van der Waals surface area contributed by atoms with Gasteiger partial charge in [-0.3, -0.25) is 13.9 Å². The Morgan fingerprint density at radius 3 is 2.20 bits per heavy atom. The van der Waals surface area contributed by atoms with Gasteiger partial charge in [0.2, 0.25) is 21.8 Å². The zero-order valence-corrected chi connectivity index (χ0v) is 23.6. The summed E-state index contributed by atoms with van der Waals surface area (Å²) in [6.07, 6.45) is 1.01. The standard InChI is InChI=1S/C24H30Cl3N3O4S/c1-15-7-9-18(25)12-21(15)30(35(6,33)34)14-22(31)29(16(2)23(32)28-24(3,4)5)13-17-8-10-19(26)20(27)11-17/h7-12,16H,13-14H2,1-6H3,(H,28,32). The van der Waals surface area contributed by atoms with Gasteiger partial charge < -0.3 is 10.2 Å². The smallest absolute Gasteiger partial charge is 0.244 e. The molecular weight excluding hydrogens is 533 g/mol. The van der Waals surface area contributed by atoms with Crippen LogP contribution in [0.5, 0.6) is 0 Å². The number of rotatable bonds is 8. The second-order valence-corrected chi connectivity index (χ2v) is 12.5. The molecule has 0 heterocycles. The average Bonchev–Trinajstić information content (AvgIpc) is 2.72. The molecule has 11 heteroatoms. The van der Waals surface area contributed by atoms with Crippen molar-refractivity contribution >= 4 is 62.3 Å². The summed E-state index contributed by atoms with van der Waals surface area (Å²) < 4.78 is 26.4. The van der Waals surface area contributed by atoms with Gasteiger partial charge in [-0.2, -0.15) is 0 Å². The summed E-state index contributed by atoms with van der Waals surface area (Å²) >= 11 is 18.3. The van der Waals surface area contributed by atoms with Crippen molar-refractivity contribution in [1.82, 2.24) is 10.2 Å². The monoisotopic (exact) mass is 561 g/mol. The number of halogens is 3. The SMILES string of the molecule is Cc1ccc(Cl)cc1N(CC(=O)N(Cc1ccc(Cl)c(Cl)c1)C(C)C(=O)NC(C)(C)C)S(C)(=O)=O. The summed E-state index contributed by atoms with van der Waals surface area (Å²) in [6, 6.07) is 8.79. The number of carbonyl (C=O) groups excluding carboxylic acids is 2. The number of carbonyl (C=O) groups is 2. The molecule has 2 aromatic rings. The number of hydrogen-bond donors (Lipinski definition) is 1. The van der Waals surface area contributed by atoms with Crippen LogP contribution in [0.3, 0.4) is 0 Å². The molecule has 2 aromatic carbocycles. The van der Waals surface area contributed by atoms with Crippen LogP contribution in [0.25, 0.3) is 0 Å². The maximum Gasteiger partial charge on any atom is 0.244 e. The van der Waals surface area contributed by atoms with Crippen LogP contribution in [0.1, 0.15) is 38.8 Å². The van der Waals surface area contributed by atoms with Crippen molar-refractivity contribution in [2.75, 3.05) is 17.1 Å². The molecule has 0 saturated carbocycles. The highest BCUT2D eigenvalue weighted by Gasteiger charge is 2.32. The van der Waals surface area contributed by atoms with E-state index < -0.39 is 34.1 Å². The van der Waals surface area contributed by atoms with E-state index in [-0.39, 0.29) is 18.1 Å². The Labute approximate surface area is 222 Å². The van der Waals surface area contributed by atoms with Crippen molar-refractivity contribution in [3.63, 3.8) is 0 Å². The fourth-order valence-corrected chi connectivity index (χ4v) is 4.72. The lowest BCUT2D eigenvalue weighted by Crippen LogP contribution is -2.54. The molecule has 0 aliphatic carbocycles. The van der Waals surface area contributed by atoms with Crippen molar-refractivity contribution in [3.05, 3.63) is 62.6 Å². The largest absolute Gasteiger partial charge is 0.350 e. The van der Waals surface area contributed by atoms with Gasteiger partial charge in [0.15, 0.2) is 0 Å². The van der Waals surface area contributed by atoms with Gasteiger partial charge in [-0.25, -0.2) is 8.42 Å². The van der Waals surface area contributed by atoms with Gasteiger partial charge in [0.05, 0.1) is 22.0 Å². The van der Waals surface area contributed by atoms with E-state index in [4.69, 9.17) is 34.8 Å².